The van der Waals surface area contributed by atoms with Crippen molar-refractivity contribution in [3.63, 3.8) is 0 Å². The van der Waals surface area contributed by atoms with Crippen LogP contribution in [0.3, 0.4) is 0 Å². The van der Waals surface area contributed by atoms with Crippen LogP contribution in [0.5, 0.6) is 0 Å². The third kappa shape index (κ3) is 47.5. The molecule has 0 aromatic rings. The van der Waals surface area contributed by atoms with Crippen LogP contribution in [0.2, 0.25) is 0 Å². The summed E-state index contributed by atoms with van der Waals surface area (Å²) in [7, 11) is 0. The monoisotopic (exact) mass is 251 g/mol. The predicted octanol–water partition coefficient (Wildman–Crippen LogP) is 1.68. The molecule has 0 aromatic carbocycles. The quantitative estimate of drug-likeness (QED) is 0.574. The zero-order chi connectivity index (χ0) is 4.50. The second kappa shape index (κ2) is 1.60. The predicted molar refractivity (Wildman–Crippen MR) is 4.43 cm³/mol. The zero-order valence-corrected chi connectivity index (χ0v) is 3.43. The standard InChI is InChI=1S/4FH.Lu/h4*1H;/q;;;;+4/p-4. The van der Waals surface area contributed by atoms with Crippen molar-refractivity contribution >= 4 is 0 Å². The van der Waals surface area contributed by atoms with E-state index in [9.17, 15) is 5.85 Å². The van der Waals surface area contributed by atoms with Gasteiger partial charge >= 0.3 is 38.1 Å². The minimum atomic E-state index is -6.67. The summed E-state index contributed by atoms with van der Waals surface area (Å²) in [6.45, 7) is 0. The van der Waals surface area contributed by atoms with E-state index in [0.29, 0.717) is 0 Å². The molecule has 0 N–H and O–H groups in total. The first-order valence-corrected chi connectivity index (χ1v) is 2.89. The summed E-state index contributed by atoms with van der Waals surface area (Å²) in [6.07, 6.45) is 0. The zero-order valence-electron chi connectivity index (χ0n) is 1.77. The normalized spacial score (nSPS) is 15.2. The molecule has 43 valence electrons. The molecule has 0 heterocycles. The first-order valence-electron chi connectivity index (χ1n) is 0.390. The Morgan fingerprint density at radius 2 is 0.800 bits per heavy atom. The van der Waals surface area contributed by atoms with Gasteiger partial charge in [-0.1, -0.05) is 0 Å². The molecule has 0 radical (unpaired) electrons. The number of rotatable bonds is 0. The van der Waals surface area contributed by atoms with Crippen LogP contribution in [0.4, 0.5) is 5.85 Å². The van der Waals surface area contributed by atoms with Crippen molar-refractivity contribution in [2.24, 2.45) is 0 Å². The van der Waals surface area contributed by atoms with Gasteiger partial charge in [0.15, 0.2) is 0 Å². The molecule has 0 aliphatic heterocycles. The Bertz CT molecular complexity index is 19.1. The van der Waals surface area contributed by atoms with Gasteiger partial charge in [0, 0.05) is 0 Å². The first-order chi connectivity index (χ1) is 2.00. The molecular formula is F4Lu. The van der Waals surface area contributed by atoms with E-state index in [-0.39, 0.29) is 0 Å². The van der Waals surface area contributed by atoms with Crippen LogP contribution < -0.4 is 0 Å². The van der Waals surface area contributed by atoms with Crippen LogP contribution in [0.15, 0.2) is 0 Å². The molecule has 0 bridgehead atoms. The van der Waals surface area contributed by atoms with Crippen molar-refractivity contribution in [3.8, 4) is 0 Å². The molecule has 5 heavy (non-hydrogen) atoms. The fraction of sp³-hybridized carbons (Fsp3) is 0. The van der Waals surface area contributed by atoms with Crippen LogP contribution in [0, 0.1) is 32.3 Å². The topological polar surface area (TPSA) is 0 Å². The average molecular weight is 251 g/mol. The summed E-state index contributed by atoms with van der Waals surface area (Å²) < 4.78 is 39.3. The minimum absolute atomic E-state index is 6.67. The number of hydrogen-bond donors (Lipinski definition) is 0. The van der Waals surface area contributed by atoms with E-state index >= 15 is 0 Å². The Kier molecular flexibility index (Phi) is 1.91. The maximum absolute atomic E-state index is 9.83. The second-order valence-electron chi connectivity index (χ2n) is 0.221. The Hall–Kier alpha value is 0.954. The van der Waals surface area contributed by atoms with E-state index in [4.69, 9.17) is 0 Å². The van der Waals surface area contributed by atoms with E-state index in [2.05, 4.69) is 0 Å². The van der Waals surface area contributed by atoms with Crippen molar-refractivity contribution in [3.05, 3.63) is 0 Å². The Labute approximate surface area is 38.0 Å². The van der Waals surface area contributed by atoms with Crippen LogP contribution in [0.1, 0.15) is 0 Å². The van der Waals surface area contributed by atoms with E-state index < -0.39 is 32.3 Å². The molecule has 0 saturated carbocycles. The summed E-state index contributed by atoms with van der Waals surface area (Å²) in [5, 5.41) is 0. The van der Waals surface area contributed by atoms with Gasteiger partial charge in [0.05, 0.1) is 0 Å². The fourth-order valence-corrected chi connectivity index (χ4v) is 0. The summed E-state index contributed by atoms with van der Waals surface area (Å²) >= 11 is -6.67. The third-order valence-corrected chi connectivity index (χ3v) is 0. The molecule has 0 nitrogen and oxygen atoms in total. The molecule has 0 aliphatic rings. The molecule has 0 atom stereocenters. The summed E-state index contributed by atoms with van der Waals surface area (Å²) in [5.74, 6) is 0. The Morgan fingerprint density at radius 3 is 0.800 bits per heavy atom. The molecule has 0 amide bonds. The summed E-state index contributed by atoms with van der Waals surface area (Å²) in [4.78, 5) is 0. The van der Waals surface area contributed by atoms with Gasteiger partial charge in [-0.05, 0) is 0 Å². The Balaban J connectivity index is 3.02. The van der Waals surface area contributed by atoms with Crippen molar-refractivity contribution in [1.82, 2.24) is 0 Å². The Morgan fingerprint density at radius 1 is 0.800 bits per heavy atom. The van der Waals surface area contributed by atoms with E-state index in [0.717, 1.165) is 0 Å². The summed E-state index contributed by atoms with van der Waals surface area (Å²) in [6, 6.07) is 0. The molecule has 0 unspecified atom stereocenters. The van der Waals surface area contributed by atoms with Crippen LogP contribution in [0.25, 0.3) is 0 Å². The fourth-order valence-electron chi connectivity index (χ4n) is 0. The van der Waals surface area contributed by atoms with Gasteiger partial charge in [-0.15, -0.1) is 0 Å². The molecule has 5 heteroatoms. The molecule has 0 spiro atoms. The summed E-state index contributed by atoms with van der Waals surface area (Å²) in [5.41, 5.74) is 0. The van der Waals surface area contributed by atoms with Gasteiger partial charge in [0.25, 0.3) is 0 Å². The van der Waals surface area contributed by atoms with E-state index in [1.54, 1.807) is 0 Å². The molecule has 0 aromatic heterocycles. The van der Waals surface area contributed by atoms with Gasteiger partial charge in [0.2, 0.25) is 0 Å². The third-order valence-electron chi connectivity index (χ3n) is 0. The first kappa shape index (κ1) is 5.95. The van der Waals surface area contributed by atoms with Crippen molar-refractivity contribution in [1.29, 1.82) is 0 Å². The van der Waals surface area contributed by atoms with Crippen LogP contribution in [-0.4, -0.2) is 0 Å². The van der Waals surface area contributed by atoms with Crippen LogP contribution in [-0.2, 0) is 0 Å². The van der Waals surface area contributed by atoms with E-state index in [1.807, 2.05) is 0 Å². The molecule has 0 aliphatic carbocycles. The van der Waals surface area contributed by atoms with Gasteiger partial charge in [-0.25, -0.2) is 0 Å². The second-order valence-corrected chi connectivity index (χ2v) is 1.64. The van der Waals surface area contributed by atoms with Gasteiger partial charge in [0.1, 0.15) is 0 Å². The molecular weight excluding hydrogens is 251 g/mol. The van der Waals surface area contributed by atoms with Crippen molar-refractivity contribution in [2.75, 3.05) is 0 Å². The number of halogens is 4. The molecule has 0 rings (SSSR count). The van der Waals surface area contributed by atoms with Crippen molar-refractivity contribution < 1.29 is 38.1 Å². The number of hydrogen-bond acceptors (Lipinski definition) is 0. The SMILES string of the molecule is [F][Lu]([F])([F])[F]. The van der Waals surface area contributed by atoms with Gasteiger partial charge in [-0.3, -0.25) is 0 Å². The van der Waals surface area contributed by atoms with Crippen molar-refractivity contribution in [2.45, 2.75) is 0 Å². The van der Waals surface area contributed by atoms with Crippen LogP contribution >= 0.6 is 0 Å². The van der Waals surface area contributed by atoms with E-state index in [1.165, 1.54) is 0 Å². The maximum atomic E-state index is 9.83. The van der Waals surface area contributed by atoms with Gasteiger partial charge in [-0.2, -0.15) is 0 Å². The average Bonchev–Trinajstić information content (AvgIpc) is 0.722. The van der Waals surface area contributed by atoms with Gasteiger partial charge < -0.3 is 0 Å². The molecule has 0 saturated heterocycles. The molecule has 0 fully saturated rings.